The van der Waals surface area contributed by atoms with Gasteiger partial charge in [-0.15, -0.1) is 0 Å². The average molecular weight is 315 g/mol. The van der Waals surface area contributed by atoms with Crippen LogP contribution in [0.5, 0.6) is 17.2 Å². The third-order valence-electron chi connectivity index (χ3n) is 3.51. The molecule has 2 atom stereocenters. The first kappa shape index (κ1) is 15.6. The minimum absolute atomic E-state index is 0.0628. The van der Waals surface area contributed by atoms with Crippen LogP contribution in [0.4, 0.5) is 0 Å². The molecule has 2 aromatic carbocycles. The Labute approximate surface area is 135 Å². The first-order valence-corrected chi connectivity index (χ1v) is 7.76. The number of nitrogens with one attached hydrogen (secondary N) is 1. The summed E-state index contributed by atoms with van der Waals surface area (Å²) in [5.74, 6) is 2.30. The molecule has 1 aliphatic rings. The third kappa shape index (κ3) is 4.61. The van der Waals surface area contributed by atoms with E-state index in [1.807, 2.05) is 54.6 Å². The number of fused-ring (bicyclic) bond motifs is 1. The fourth-order valence-electron chi connectivity index (χ4n) is 2.34. The van der Waals surface area contributed by atoms with Gasteiger partial charge in [-0.2, -0.15) is 0 Å². The Hall–Kier alpha value is -2.24. The number of para-hydroxylation sites is 3. The minimum atomic E-state index is -0.577. The monoisotopic (exact) mass is 315 g/mol. The molecule has 122 valence electrons. The van der Waals surface area contributed by atoms with E-state index in [4.69, 9.17) is 14.2 Å². The zero-order chi connectivity index (χ0) is 15.9. The van der Waals surface area contributed by atoms with Crippen molar-refractivity contribution in [1.82, 2.24) is 5.32 Å². The van der Waals surface area contributed by atoms with Crippen molar-refractivity contribution in [2.45, 2.75) is 12.2 Å². The van der Waals surface area contributed by atoms with Crippen molar-refractivity contribution >= 4 is 0 Å². The van der Waals surface area contributed by atoms with E-state index in [2.05, 4.69) is 5.32 Å². The van der Waals surface area contributed by atoms with Crippen LogP contribution < -0.4 is 19.5 Å². The van der Waals surface area contributed by atoms with Crippen molar-refractivity contribution < 1.29 is 19.3 Å². The zero-order valence-corrected chi connectivity index (χ0v) is 12.9. The lowest BCUT2D eigenvalue weighted by Gasteiger charge is -2.27. The van der Waals surface area contributed by atoms with Gasteiger partial charge in [0.15, 0.2) is 11.5 Å². The molecule has 0 amide bonds. The molecule has 2 unspecified atom stereocenters. The first-order chi connectivity index (χ1) is 11.3. The molecule has 0 spiro atoms. The molecule has 5 nitrogen and oxygen atoms in total. The summed E-state index contributed by atoms with van der Waals surface area (Å²) < 4.78 is 17.0. The molecule has 0 saturated carbocycles. The van der Waals surface area contributed by atoms with Crippen molar-refractivity contribution in [3.63, 3.8) is 0 Å². The van der Waals surface area contributed by atoms with Crippen LogP contribution in [0.25, 0.3) is 0 Å². The van der Waals surface area contributed by atoms with E-state index in [1.165, 1.54) is 0 Å². The van der Waals surface area contributed by atoms with Crippen LogP contribution in [-0.4, -0.2) is 43.6 Å². The summed E-state index contributed by atoms with van der Waals surface area (Å²) in [6.45, 7) is 1.80. The number of rotatable bonds is 7. The lowest BCUT2D eigenvalue weighted by atomic mass is 10.2. The van der Waals surface area contributed by atoms with Gasteiger partial charge >= 0.3 is 0 Å². The van der Waals surface area contributed by atoms with Crippen LogP contribution >= 0.6 is 0 Å². The maximum atomic E-state index is 9.94. The third-order valence-corrected chi connectivity index (χ3v) is 3.51. The summed E-state index contributed by atoms with van der Waals surface area (Å²) in [4.78, 5) is 0. The molecule has 2 N–H and O–H groups in total. The molecule has 0 radical (unpaired) electrons. The molecule has 1 aliphatic heterocycles. The van der Waals surface area contributed by atoms with Gasteiger partial charge in [0.2, 0.25) is 0 Å². The number of benzene rings is 2. The summed E-state index contributed by atoms with van der Waals surface area (Å²) >= 11 is 0. The summed E-state index contributed by atoms with van der Waals surface area (Å²) in [7, 11) is 0. The summed E-state index contributed by atoms with van der Waals surface area (Å²) in [5, 5.41) is 13.1. The van der Waals surface area contributed by atoms with Gasteiger partial charge in [0.05, 0.1) is 0 Å². The van der Waals surface area contributed by atoms with Gasteiger partial charge in [-0.25, -0.2) is 0 Å². The Bertz CT molecular complexity index is 605. The maximum Gasteiger partial charge on any atom is 0.161 e. The summed E-state index contributed by atoms with van der Waals surface area (Å²) in [6, 6.07) is 17.1. The van der Waals surface area contributed by atoms with Crippen molar-refractivity contribution in [2.75, 3.05) is 26.3 Å². The predicted molar refractivity (Wildman–Crippen MR) is 87.2 cm³/mol. The van der Waals surface area contributed by atoms with E-state index in [-0.39, 0.29) is 12.7 Å². The van der Waals surface area contributed by atoms with E-state index in [0.29, 0.717) is 19.7 Å². The molecule has 0 saturated heterocycles. The Kier molecular flexibility index (Phi) is 5.34. The Morgan fingerprint density at radius 2 is 1.83 bits per heavy atom. The van der Waals surface area contributed by atoms with E-state index in [0.717, 1.165) is 17.2 Å². The second-order valence-corrected chi connectivity index (χ2v) is 5.43. The lowest BCUT2D eigenvalue weighted by molar-refractivity contribution is 0.0778. The van der Waals surface area contributed by atoms with Gasteiger partial charge in [-0.1, -0.05) is 30.3 Å². The maximum absolute atomic E-state index is 9.94. The van der Waals surface area contributed by atoms with Gasteiger partial charge in [-0.3, -0.25) is 0 Å². The molecule has 5 heteroatoms. The van der Waals surface area contributed by atoms with Crippen molar-refractivity contribution in [3.8, 4) is 17.2 Å². The van der Waals surface area contributed by atoms with Gasteiger partial charge < -0.3 is 24.6 Å². The van der Waals surface area contributed by atoms with Crippen molar-refractivity contribution in [1.29, 1.82) is 0 Å². The molecule has 23 heavy (non-hydrogen) atoms. The van der Waals surface area contributed by atoms with Crippen LogP contribution in [-0.2, 0) is 0 Å². The molecule has 0 aromatic heterocycles. The van der Waals surface area contributed by atoms with Crippen LogP contribution in [0.1, 0.15) is 0 Å². The number of ether oxygens (including phenoxy) is 3. The second-order valence-electron chi connectivity index (χ2n) is 5.43. The lowest BCUT2D eigenvalue weighted by Crippen LogP contribution is -2.41. The number of hydrogen-bond acceptors (Lipinski definition) is 5. The zero-order valence-electron chi connectivity index (χ0n) is 12.9. The molecule has 3 rings (SSSR count). The highest BCUT2D eigenvalue weighted by Gasteiger charge is 2.20. The van der Waals surface area contributed by atoms with Gasteiger partial charge in [0.25, 0.3) is 0 Å². The highest BCUT2D eigenvalue weighted by Crippen LogP contribution is 2.30. The van der Waals surface area contributed by atoms with Crippen molar-refractivity contribution in [2.24, 2.45) is 0 Å². The molecule has 0 bridgehead atoms. The standard InChI is InChI=1S/C18H21NO4/c20-14(12-21-15-6-2-1-3-7-15)10-19-11-16-13-22-17-8-4-5-9-18(17)23-16/h1-9,14,16,19-20H,10-13H2. The molecular weight excluding hydrogens is 294 g/mol. The summed E-state index contributed by atoms with van der Waals surface area (Å²) in [5.41, 5.74) is 0. The Morgan fingerprint density at radius 3 is 2.65 bits per heavy atom. The van der Waals surface area contributed by atoms with E-state index >= 15 is 0 Å². The smallest absolute Gasteiger partial charge is 0.161 e. The highest BCUT2D eigenvalue weighted by atomic mass is 16.6. The van der Waals surface area contributed by atoms with Gasteiger partial charge in [-0.05, 0) is 24.3 Å². The normalized spacial score (nSPS) is 17.5. The number of aliphatic hydroxyl groups excluding tert-OH is 1. The molecule has 0 aliphatic carbocycles. The topological polar surface area (TPSA) is 60.0 Å². The fourth-order valence-corrected chi connectivity index (χ4v) is 2.34. The Balaban J connectivity index is 1.35. The largest absolute Gasteiger partial charge is 0.491 e. The van der Waals surface area contributed by atoms with E-state index < -0.39 is 6.10 Å². The molecular formula is C18H21NO4. The predicted octanol–water partition coefficient (Wildman–Crippen LogP) is 1.86. The van der Waals surface area contributed by atoms with Crippen LogP contribution in [0, 0.1) is 0 Å². The van der Waals surface area contributed by atoms with Crippen LogP contribution in [0.3, 0.4) is 0 Å². The SMILES string of the molecule is OC(CNCC1COc2ccccc2O1)COc1ccccc1. The quantitative estimate of drug-likeness (QED) is 0.817. The van der Waals surface area contributed by atoms with Crippen LogP contribution in [0.15, 0.2) is 54.6 Å². The van der Waals surface area contributed by atoms with Crippen molar-refractivity contribution in [3.05, 3.63) is 54.6 Å². The summed E-state index contributed by atoms with van der Waals surface area (Å²) in [6.07, 6.45) is -0.640. The number of aliphatic hydroxyl groups is 1. The highest BCUT2D eigenvalue weighted by molar-refractivity contribution is 5.40. The average Bonchev–Trinajstić information content (AvgIpc) is 2.61. The Morgan fingerprint density at radius 1 is 1.09 bits per heavy atom. The van der Waals surface area contributed by atoms with Gasteiger partial charge in [0, 0.05) is 13.1 Å². The van der Waals surface area contributed by atoms with Crippen LogP contribution in [0.2, 0.25) is 0 Å². The minimum Gasteiger partial charge on any atom is -0.491 e. The van der Waals surface area contributed by atoms with E-state index in [1.54, 1.807) is 0 Å². The molecule has 0 fully saturated rings. The first-order valence-electron chi connectivity index (χ1n) is 7.76. The second kappa shape index (κ2) is 7.85. The fraction of sp³-hybridized carbons (Fsp3) is 0.333. The molecule has 1 heterocycles. The van der Waals surface area contributed by atoms with Gasteiger partial charge in [0.1, 0.15) is 31.2 Å². The number of hydrogen-bond donors (Lipinski definition) is 2. The van der Waals surface area contributed by atoms with E-state index in [9.17, 15) is 5.11 Å². The molecule has 2 aromatic rings.